The van der Waals surface area contributed by atoms with Crippen LogP contribution in [0.4, 0.5) is 0 Å². The van der Waals surface area contributed by atoms with Gasteiger partial charge in [-0.05, 0) is 26.8 Å². The van der Waals surface area contributed by atoms with E-state index >= 15 is 0 Å². The normalized spacial score (nSPS) is 19.8. The van der Waals surface area contributed by atoms with Gasteiger partial charge in [0.1, 0.15) is 5.56 Å². The first kappa shape index (κ1) is 15.9. The summed E-state index contributed by atoms with van der Waals surface area (Å²) in [7, 11) is -2.01. The molecule has 0 saturated carbocycles. The Balaban J connectivity index is 2.32. The van der Waals surface area contributed by atoms with Gasteiger partial charge in [-0.1, -0.05) is 0 Å². The molecule has 0 amide bonds. The molecule has 0 spiro atoms. The number of aromatic nitrogens is 2. The number of nitrogens with one attached hydrogen (secondary N) is 2. The maximum atomic E-state index is 12.7. The summed E-state index contributed by atoms with van der Waals surface area (Å²) in [6.45, 7) is 2.85. The van der Waals surface area contributed by atoms with Crippen LogP contribution in [0.3, 0.4) is 0 Å². The van der Waals surface area contributed by atoms with E-state index in [2.05, 4.69) is 15.5 Å². The molecule has 1 aliphatic heterocycles. The van der Waals surface area contributed by atoms with E-state index in [0.717, 1.165) is 12.8 Å². The largest absolute Gasteiger partial charge is 0.462 e. The Labute approximate surface area is 123 Å². The SMILES string of the molecule is CCOC(=O)c1cn[nH]c1S(=O)(=O)N1CCCC1CNC. The zero-order chi connectivity index (χ0) is 15.5. The van der Waals surface area contributed by atoms with Crippen molar-refractivity contribution in [1.29, 1.82) is 0 Å². The number of hydrogen-bond donors (Lipinski definition) is 2. The number of hydrogen-bond acceptors (Lipinski definition) is 6. The van der Waals surface area contributed by atoms with Gasteiger partial charge in [0.15, 0.2) is 5.03 Å². The second-order valence-corrected chi connectivity index (χ2v) is 6.63. The molecule has 9 heteroatoms. The van der Waals surface area contributed by atoms with Crippen LogP contribution in [-0.2, 0) is 14.8 Å². The van der Waals surface area contributed by atoms with Crippen LogP contribution in [0.25, 0.3) is 0 Å². The van der Waals surface area contributed by atoms with Gasteiger partial charge in [0.25, 0.3) is 10.0 Å². The lowest BCUT2D eigenvalue weighted by molar-refractivity contribution is 0.0521. The van der Waals surface area contributed by atoms with Crippen molar-refractivity contribution in [2.45, 2.75) is 30.8 Å². The fourth-order valence-corrected chi connectivity index (χ4v) is 4.27. The van der Waals surface area contributed by atoms with Gasteiger partial charge >= 0.3 is 5.97 Å². The monoisotopic (exact) mass is 316 g/mol. The van der Waals surface area contributed by atoms with E-state index in [-0.39, 0.29) is 23.2 Å². The van der Waals surface area contributed by atoms with Gasteiger partial charge in [0, 0.05) is 19.1 Å². The lowest BCUT2D eigenvalue weighted by Gasteiger charge is -2.23. The summed E-state index contributed by atoms with van der Waals surface area (Å²) in [5.74, 6) is -0.686. The Morgan fingerprint density at radius 1 is 1.62 bits per heavy atom. The van der Waals surface area contributed by atoms with Crippen molar-refractivity contribution in [2.75, 3.05) is 26.7 Å². The molecule has 1 saturated heterocycles. The maximum absolute atomic E-state index is 12.7. The van der Waals surface area contributed by atoms with Gasteiger partial charge in [-0.2, -0.15) is 9.40 Å². The van der Waals surface area contributed by atoms with Crippen LogP contribution in [0.5, 0.6) is 0 Å². The van der Waals surface area contributed by atoms with Gasteiger partial charge in [-0.15, -0.1) is 0 Å². The van der Waals surface area contributed by atoms with Crippen molar-refractivity contribution in [3.8, 4) is 0 Å². The standard InChI is InChI=1S/C12H20N4O4S/c1-3-20-12(17)10-8-14-15-11(10)21(18,19)16-6-4-5-9(16)7-13-2/h8-9,13H,3-7H2,1-2H3,(H,14,15). The summed E-state index contributed by atoms with van der Waals surface area (Å²) in [4.78, 5) is 11.8. The van der Waals surface area contributed by atoms with Crippen LogP contribution in [-0.4, -0.2) is 61.7 Å². The van der Waals surface area contributed by atoms with Crippen molar-refractivity contribution in [3.05, 3.63) is 11.8 Å². The number of carbonyl (C=O) groups is 1. The summed E-state index contributed by atoms with van der Waals surface area (Å²) in [5.41, 5.74) is -0.0491. The van der Waals surface area contributed by atoms with E-state index in [0.29, 0.717) is 13.1 Å². The number of nitrogens with zero attached hydrogens (tertiary/aromatic N) is 2. The van der Waals surface area contributed by atoms with E-state index in [1.54, 1.807) is 14.0 Å². The highest BCUT2D eigenvalue weighted by Gasteiger charge is 2.38. The Kier molecular flexibility index (Phi) is 4.96. The minimum absolute atomic E-state index is 0.0491. The number of aromatic amines is 1. The minimum Gasteiger partial charge on any atom is -0.462 e. The number of likely N-dealkylation sites (N-methyl/N-ethyl adjacent to an activating group) is 1. The summed E-state index contributed by atoms with van der Waals surface area (Å²) in [6.07, 6.45) is 2.78. The van der Waals surface area contributed by atoms with Crippen molar-refractivity contribution in [2.24, 2.45) is 0 Å². The van der Waals surface area contributed by atoms with Crippen molar-refractivity contribution in [1.82, 2.24) is 19.8 Å². The predicted molar refractivity (Wildman–Crippen MR) is 75.4 cm³/mol. The van der Waals surface area contributed by atoms with Crippen molar-refractivity contribution >= 4 is 16.0 Å². The Bertz CT molecular complexity index is 598. The quantitative estimate of drug-likeness (QED) is 0.714. The number of rotatable bonds is 6. The van der Waals surface area contributed by atoms with E-state index in [9.17, 15) is 13.2 Å². The number of carbonyl (C=O) groups excluding carboxylic acids is 1. The molecule has 2 N–H and O–H groups in total. The smallest absolute Gasteiger partial charge is 0.342 e. The molecule has 0 bridgehead atoms. The van der Waals surface area contributed by atoms with Gasteiger partial charge in [0.2, 0.25) is 0 Å². The Morgan fingerprint density at radius 3 is 3.05 bits per heavy atom. The van der Waals surface area contributed by atoms with Crippen LogP contribution in [0.2, 0.25) is 0 Å². The second-order valence-electron chi connectivity index (χ2n) is 4.80. The summed E-state index contributed by atoms with van der Waals surface area (Å²) < 4.78 is 31.7. The molecule has 2 heterocycles. The zero-order valence-electron chi connectivity index (χ0n) is 12.1. The van der Waals surface area contributed by atoms with Crippen LogP contribution < -0.4 is 5.32 Å². The van der Waals surface area contributed by atoms with Crippen LogP contribution >= 0.6 is 0 Å². The molecule has 2 rings (SSSR count). The number of H-pyrrole nitrogens is 1. The lowest BCUT2D eigenvalue weighted by atomic mass is 10.2. The molecular formula is C12H20N4O4S. The van der Waals surface area contributed by atoms with Crippen molar-refractivity contribution < 1.29 is 17.9 Å². The van der Waals surface area contributed by atoms with E-state index in [4.69, 9.17) is 4.74 Å². The molecule has 8 nitrogen and oxygen atoms in total. The third-order valence-corrected chi connectivity index (χ3v) is 5.35. The summed E-state index contributed by atoms with van der Waals surface area (Å²) in [5, 5.41) is 8.91. The summed E-state index contributed by atoms with van der Waals surface area (Å²) >= 11 is 0. The average Bonchev–Trinajstić information content (AvgIpc) is 3.08. The first-order valence-electron chi connectivity index (χ1n) is 6.89. The number of ether oxygens (including phenoxy) is 1. The van der Waals surface area contributed by atoms with Gasteiger partial charge in [-0.25, -0.2) is 13.2 Å². The van der Waals surface area contributed by atoms with Gasteiger partial charge in [0.05, 0.1) is 12.8 Å². The van der Waals surface area contributed by atoms with E-state index in [1.807, 2.05) is 0 Å². The molecule has 118 valence electrons. The van der Waals surface area contributed by atoms with Gasteiger partial charge < -0.3 is 10.1 Å². The molecule has 1 aromatic rings. The predicted octanol–water partition coefficient (Wildman–Crippen LogP) is -0.0411. The maximum Gasteiger partial charge on any atom is 0.342 e. The molecular weight excluding hydrogens is 296 g/mol. The van der Waals surface area contributed by atoms with Gasteiger partial charge in [-0.3, -0.25) is 5.10 Å². The molecule has 1 unspecified atom stereocenters. The van der Waals surface area contributed by atoms with E-state index in [1.165, 1.54) is 10.5 Å². The average molecular weight is 316 g/mol. The molecule has 1 atom stereocenters. The molecule has 0 radical (unpaired) electrons. The van der Waals surface area contributed by atoms with Crippen LogP contribution in [0.1, 0.15) is 30.1 Å². The molecule has 21 heavy (non-hydrogen) atoms. The highest BCUT2D eigenvalue weighted by molar-refractivity contribution is 7.89. The second kappa shape index (κ2) is 6.54. The first-order chi connectivity index (χ1) is 10.0. The highest BCUT2D eigenvalue weighted by Crippen LogP contribution is 2.26. The molecule has 1 aromatic heterocycles. The highest BCUT2D eigenvalue weighted by atomic mass is 32.2. The first-order valence-corrected chi connectivity index (χ1v) is 8.33. The minimum atomic E-state index is -3.79. The topological polar surface area (TPSA) is 104 Å². The molecule has 0 aromatic carbocycles. The molecule has 1 fully saturated rings. The number of sulfonamides is 1. The summed E-state index contributed by atoms with van der Waals surface area (Å²) in [6, 6.07) is -0.113. The molecule has 0 aliphatic carbocycles. The number of esters is 1. The Morgan fingerprint density at radius 2 is 2.38 bits per heavy atom. The van der Waals surface area contributed by atoms with Crippen LogP contribution in [0.15, 0.2) is 11.2 Å². The van der Waals surface area contributed by atoms with E-state index < -0.39 is 16.0 Å². The fourth-order valence-electron chi connectivity index (χ4n) is 2.51. The molecule has 1 aliphatic rings. The Hall–Kier alpha value is -1.45. The van der Waals surface area contributed by atoms with Crippen molar-refractivity contribution in [3.63, 3.8) is 0 Å². The third-order valence-electron chi connectivity index (χ3n) is 3.43. The zero-order valence-corrected chi connectivity index (χ0v) is 12.9. The third kappa shape index (κ3) is 3.09. The lowest BCUT2D eigenvalue weighted by Crippen LogP contribution is -2.41. The fraction of sp³-hybridized carbons (Fsp3) is 0.667. The van der Waals surface area contributed by atoms with Crippen LogP contribution in [0, 0.1) is 0 Å².